The molecular weight excluding hydrogens is 458 g/mol. The van der Waals surface area contributed by atoms with E-state index in [0.29, 0.717) is 21.2 Å². The van der Waals surface area contributed by atoms with Crippen molar-refractivity contribution in [2.45, 2.75) is 19.8 Å². The fourth-order valence-corrected chi connectivity index (χ4v) is 5.41. The van der Waals surface area contributed by atoms with Gasteiger partial charge in [0, 0.05) is 29.1 Å². The predicted octanol–water partition coefficient (Wildman–Crippen LogP) is 5.00. The standard InChI is InChI=1S/C24H22ClN5O2S/c1-14-18-13-21(33-24(18)30(28-14)17-6-4-5-16(25)12-17)23(32)27-19-11-15(22(26)31)7-8-20(19)29-9-2-3-10-29/h4-8,11-13H,2-3,9-10H2,1H3,(H2,26,31)(H,27,32). The summed E-state index contributed by atoms with van der Waals surface area (Å²) in [6.07, 6.45) is 2.20. The number of rotatable bonds is 5. The highest BCUT2D eigenvalue weighted by Gasteiger charge is 2.21. The molecule has 1 saturated heterocycles. The van der Waals surface area contributed by atoms with E-state index in [4.69, 9.17) is 17.3 Å². The Morgan fingerprint density at radius 1 is 1.12 bits per heavy atom. The van der Waals surface area contributed by atoms with Crippen LogP contribution in [0.15, 0.2) is 48.5 Å². The number of anilines is 2. The van der Waals surface area contributed by atoms with Gasteiger partial charge in [-0.25, -0.2) is 4.68 Å². The molecule has 0 saturated carbocycles. The number of aromatic nitrogens is 2. The minimum Gasteiger partial charge on any atom is -0.370 e. The number of nitrogens with zero attached hydrogens (tertiary/aromatic N) is 3. The second-order valence-electron chi connectivity index (χ2n) is 8.05. The van der Waals surface area contributed by atoms with Crippen molar-refractivity contribution in [3.05, 3.63) is 69.7 Å². The van der Waals surface area contributed by atoms with Crippen molar-refractivity contribution in [3.63, 3.8) is 0 Å². The van der Waals surface area contributed by atoms with E-state index in [-0.39, 0.29) is 5.91 Å². The Bertz CT molecular complexity index is 1390. The van der Waals surface area contributed by atoms with Crippen LogP contribution in [0.5, 0.6) is 0 Å². The molecule has 1 aliphatic rings. The van der Waals surface area contributed by atoms with Gasteiger partial charge in [-0.1, -0.05) is 17.7 Å². The summed E-state index contributed by atoms with van der Waals surface area (Å²) in [6, 6.07) is 14.5. The van der Waals surface area contributed by atoms with Gasteiger partial charge in [-0.3, -0.25) is 9.59 Å². The third kappa shape index (κ3) is 4.07. The van der Waals surface area contributed by atoms with Crippen LogP contribution in [0.4, 0.5) is 11.4 Å². The van der Waals surface area contributed by atoms with Crippen LogP contribution in [0, 0.1) is 6.92 Å². The molecule has 7 nitrogen and oxygen atoms in total. The van der Waals surface area contributed by atoms with E-state index < -0.39 is 5.91 Å². The lowest BCUT2D eigenvalue weighted by atomic mass is 10.1. The first kappa shape index (κ1) is 21.5. The van der Waals surface area contributed by atoms with Gasteiger partial charge in [0.2, 0.25) is 5.91 Å². The van der Waals surface area contributed by atoms with E-state index in [2.05, 4.69) is 15.3 Å². The zero-order valence-corrected chi connectivity index (χ0v) is 19.5. The van der Waals surface area contributed by atoms with Crippen LogP contribution in [0.3, 0.4) is 0 Å². The maximum absolute atomic E-state index is 13.3. The Balaban J connectivity index is 1.50. The average molecular weight is 480 g/mol. The van der Waals surface area contributed by atoms with Crippen molar-refractivity contribution in [2.24, 2.45) is 5.73 Å². The molecule has 2 amide bonds. The lowest BCUT2D eigenvalue weighted by molar-refractivity contribution is 0.0996. The topological polar surface area (TPSA) is 93.2 Å². The second kappa shape index (κ2) is 8.53. The van der Waals surface area contributed by atoms with E-state index in [1.807, 2.05) is 43.3 Å². The molecule has 0 aliphatic carbocycles. The maximum atomic E-state index is 13.3. The Morgan fingerprint density at radius 2 is 1.91 bits per heavy atom. The zero-order chi connectivity index (χ0) is 23.1. The highest BCUT2D eigenvalue weighted by molar-refractivity contribution is 7.20. The molecule has 0 unspecified atom stereocenters. The van der Waals surface area contributed by atoms with Crippen molar-refractivity contribution in [2.75, 3.05) is 23.3 Å². The van der Waals surface area contributed by atoms with Crippen LogP contribution in [-0.2, 0) is 0 Å². The van der Waals surface area contributed by atoms with Gasteiger partial charge in [-0.05, 0) is 62.2 Å². The molecule has 4 aromatic rings. The number of fused-ring (bicyclic) bond motifs is 1. The van der Waals surface area contributed by atoms with Crippen LogP contribution in [0.25, 0.3) is 15.9 Å². The minimum absolute atomic E-state index is 0.240. The number of nitrogens with two attached hydrogens (primary N) is 1. The van der Waals surface area contributed by atoms with Gasteiger partial charge in [0.25, 0.3) is 5.91 Å². The number of hydrogen-bond donors (Lipinski definition) is 2. The zero-order valence-electron chi connectivity index (χ0n) is 18.0. The fraction of sp³-hybridized carbons (Fsp3) is 0.208. The van der Waals surface area contributed by atoms with Gasteiger partial charge >= 0.3 is 0 Å². The smallest absolute Gasteiger partial charge is 0.265 e. The molecular formula is C24H22ClN5O2S. The number of thiophene rings is 1. The molecule has 1 aliphatic heterocycles. The Hall–Kier alpha value is -3.36. The summed E-state index contributed by atoms with van der Waals surface area (Å²) in [6.45, 7) is 3.74. The summed E-state index contributed by atoms with van der Waals surface area (Å²) in [5.74, 6) is -0.770. The van der Waals surface area contributed by atoms with Crippen molar-refractivity contribution in [3.8, 4) is 5.69 Å². The van der Waals surface area contributed by atoms with Gasteiger partial charge in [0.1, 0.15) is 4.83 Å². The Morgan fingerprint density at radius 3 is 2.64 bits per heavy atom. The van der Waals surface area contributed by atoms with E-state index in [9.17, 15) is 9.59 Å². The molecule has 0 spiro atoms. The number of aryl methyl sites for hydroxylation is 1. The van der Waals surface area contributed by atoms with Crippen LogP contribution in [0.1, 0.15) is 38.6 Å². The van der Waals surface area contributed by atoms with Crippen LogP contribution in [-0.4, -0.2) is 34.7 Å². The highest BCUT2D eigenvalue weighted by atomic mass is 35.5. The predicted molar refractivity (Wildman–Crippen MR) is 133 cm³/mol. The minimum atomic E-state index is -0.530. The van der Waals surface area contributed by atoms with Gasteiger partial charge in [-0.2, -0.15) is 5.10 Å². The van der Waals surface area contributed by atoms with Gasteiger partial charge in [0.15, 0.2) is 0 Å². The Labute approximate surface area is 199 Å². The van der Waals surface area contributed by atoms with Gasteiger partial charge in [0.05, 0.1) is 27.6 Å². The average Bonchev–Trinajstić information content (AvgIpc) is 3.52. The monoisotopic (exact) mass is 479 g/mol. The molecule has 33 heavy (non-hydrogen) atoms. The summed E-state index contributed by atoms with van der Waals surface area (Å²) in [4.78, 5) is 28.6. The van der Waals surface area contributed by atoms with Crippen LogP contribution in [0.2, 0.25) is 5.02 Å². The van der Waals surface area contributed by atoms with Gasteiger partial charge < -0.3 is 16.0 Å². The number of benzene rings is 2. The Kier molecular flexibility index (Phi) is 5.55. The third-order valence-electron chi connectivity index (χ3n) is 5.80. The lowest BCUT2D eigenvalue weighted by Gasteiger charge is -2.22. The first-order valence-electron chi connectivity index (χ1n) is 10.7. The summed E-state index contributed by atoms with van der Waals surface area (Å²) < 4.78 is 1.81. The van der Waals surface area contributed by atoms with E-state index in [0.717, 1.165) is 53.2 Å². The third-order valence-corrected chi connectivity index (χ3v) is 7.14. The summed E-state index contributed by atoms with van der Waals surface area (Å²) in [5.41, 5.74) is 8.98. The summed E-state index contributed by atoms with van der Waals surface area (Å²) in [5, 5.41) is 9.16. The van der Waals surface area contributed by atoms with Crippen molar-refractivity contribution >= 4 is 56.3 Å². The van der Waals surface area contributed by atoms with Gasteiger partial charge in [-0.15, -0.1) is 11.3 Å². The molecule has 2 aromatic carbocycles. The summed E-state index contributed by atoms with van der Waals surface area (Å²) >= 11 is 7.53. The number of halogens is 1. The SMILES string of the molecule is Cc1nn(-c2cccc(Cl)c2)c2sc(C(=O)Nc3cc(C(N)=O)ccc3N3CCCC3)cc12. The summed E-state index contributed by atoms with van der Waals surface area (Å²) in [7, 11) is 0. The number of hydrogen-bond acceptors (Lipinski definition) is 5. The van der Waals surface area contributed by atoms with E-state index in [1.54, 1.807) is 16.8 Å². The highest BCUT2D eigenvalue weighted by Crippen LogP contribution is 2.34. The fourth-order valence-electron chi connectivity index (χ4n) is 4.15. The number of amides is 2. The molecule has 3 N–H and O–H groups in total. The molecule has 9 heteroatoms. The number of carbonyl (C=O) groups excluding carboxylic acids is 2. The van der Waals surface area contributed by atoms with E-state index >= 15 is 0 Å². The number of nitrogens with one attached hydrogen (secondary N) is 1. The molecule has 0 atom stereocenters. The normalized spacial score (nSPS) is 13.6. The molecule has 0 radical (unpaired) electrons. The van der Waals surface area contributed by atoms with Crippen molar-refractivity contribution in [1.29, 1.82) is 0 Å². The first-order chi connectivity index (χ1) is 15.9. The molecule has 2 aromatic heterocycles. The largest absolute Gasteiger partial charge is 0.370 e. The van der Waals surface area contributed by atoms with Crippen molar-refractivity contribution in [1.82, 2.24) is 9.78 Å². The number of carbonyl (C=O) groups is 2. The van der Waals surface area contributed by atoms with Crippen LogP contribution >= 0.6 is 22.9 Å². The second-order valence-corrected chi connectivity index (χ2v) is 9.52. The molecule has 168 valence electrons. The molecule has 1 fully saturated rings. The first-order valence-corrected chi connectivity index (χ1v) is 11.9. The van der Waals surface area contributed by atoms with Crippen LogP contribution < -0.4 is 16.0 Å². The maximum Gasteiger partial charge on any atom is 0.265 e. The molecule has 3 heterocycles. The molecule has 0 bridgehead atoms. The van der Waals surface area contributed by atoms with Crippen molar-refractivity contribution < 1.29 is 9.59 Å². The number of primary amides is 1. The van der Waals surface area contributed by atoms with E-state index in [1.165, 1.54) is 11.3 Å². The lowest BCUT2D eigenvalue weighted by Crippen LogP contribution is -2.22. The quantitative estimate of drug-likeness (QED) is 0.421. The molecule has 5 rings (SSSR count).